The van der Waals surface area contributed by atoms with E-state index in [-0.39, 0.29) is 17.0 Å². The van der Waals surface area contributed by atoms with Gasteiger partial charge in [-0.25, -0.2) is 4.98 Å². The summed E-state index contributed by atoms with van der Waals surface area (Å²) in [7, 11) is 0. The van der Waals surface area contributed by atoms with Gasteiger partial charge in [-0.05, 0) is 0 Å². The van der Waals surface area contributed by atoms with Gasteiger partial charge in [0.15, 0.2) is 5.78 Å². The third-order valence-corrected chi connectivity index (χ3v) is 2.96. The van der Waals surface area contributed by atoms with Crippen molar-refractivity contribution in [3.05, 3.63) is 76.2 Å². The molecular formula is C14H9N3O3. The van der Waals surface area contributed by atoms with Gasteiger partial charge in [-0.3, -0.25) is 19.3 Å². The maximum absolute atomic E-state index is 12.5. The van der Waals surface area contributed by atoms with E-state index >= 15 is 0 Å². The Labute approximate surface area is 113 Å². The molecule has 0 radical (unpaired) electrons. The van der Waals surface area contributed by atoms with Crippen LogP contribution in [0.3, 0.4) is 0 Å². The van der Waals surface area contributed by atoms with E-state index in [1.807, 2.05) is 0 Å². The lowest BCUT2D eigenvalue weighted by atomic mass is 10.0. The van der Waals surface area contributed by atoms with Crippen LogP contribution in [-0.4, -0.2) is 20.1 Å². The largest absolute Gasteiger partial charge is 0.300 e. The number of imidazole rings is 1. The number of hydrogen-bond donors (Lipinski definition) is 0. The molecular weight excluding hydrogens is 258 g/mol. The van der Waals surface area contributed by atoms with Gasteiger partial charge in [-0.2, -0.15) is 0 Å². The normalized spacial score (nSPS) is 10.6. The molecule has 0 amide bonds. The van der Waals surface area contributed by atoms with Gasteiger partial charge in [0, 0.05) is 24.0 Å². The fourth-order valence-electron chi connectivity index (χ4n) is 2.03. The molecule has 3 rings (SSSR count). The zero-order valence-electron chi connectivity index (χ0n) is 10.3. The molecule has 0 N–H and O–H groups in total. The number of pyridine rings is 1. The van der Waals surface area contributed by atoms with Gasteiger partial charge >= 0.3 is 0 Å². The molecule has 1 aromatic carbocycles. The highest BCUT2D eigenvalue weighted by Gasteiger charge is 2.19. The Morgan fingerprint density at radius 1 is 1.25 bits per heavy atom. The molecule has 3 aromatic rings. The van der Waals surface area contributed by atoms with Crippen molar-refractivity contribution in [2.24, 2.45) is 0 Å². The van der Waals surface area contributed by atoms with Crippen molar-refractivity contribution in [1.29, 1.82) is 0 Å². The Bertz CT molecular complexity index is 809. The highest BCUT2D eigenvalue weighted by Crippen LogP contribution is 2.20. The van der Waals surface area contributed by atoms with Gasteiger partial charge < -0.3 is 0 Å². The third-order valence-electron chi connectivity index (χ3n) is 2.96. The van der Waals surface area contributed by atoms with Crippen molar-refractivity contribution in [3.63, 3.8) is 0 Å². The minimum atomic E-state index is -0.527. The Kier molecular flexibility index (Phi) is 2.76. The fraction of sp³-hybridized carbons (Fsp3) is 0. The second kappa shape index (κ2) is 4.58. The van der Waals surface area contributed by atoms with Gasteiger partial charge in [-0.15, -0.1) is 0 Å². The summed E-state index contributed by atoms with van der Waals surface area (Å²) in [6.45, 7) is 0. The first-order chi connectivity index (χ1) is 9.66. The number of aromatic nitrogens is 2. The molecule has 6 heteroatoms. The first kappa shape index (κ1) is 12.0. The van der Waals surface area contributed by atoms with Crippen LogP contribution in [0, 0.1) is 10.1 Å². The zero-order valence-corrected chi connectivity index (χ0v) is 10.3. The standard InChI is InChI=1S/C14H9N3O3/c18-13(10-4-2-1-3-5-10)12-8-11(17(19)20)9-16-7-6-15-14(12)16/h1-9H. The van der Waals surface area contributed by atoms with Crippen molar-refractivity contribution in [1.82, 2.24) is 9.38 Å². The first-order valence-electron chi connectivity index (χ1n) is 5.87. The molecule has 0 bridgehead atoms. The summed E-state index contributed by atoms with van der Waals surface area (Å²) in [6, 6.07) is 9.88. The van der Waals surface area contributed by atoms with E-state index in [0.29, 0.717) is 11.2 Å². The monoisotopic (exact) mass is 267 g/mol. The fourth-order valence-corrected chi connectivity index (χ4v) is 2.03. The summed E-state index contributed by atoms with van der Waals surface area (Å²) in [6.07, 6.45) is 4.41. The summed E-state index contributed by atoms with van der Waals surface area (Å²) < 4.78 is 1.48. The van der Waals surface area contributed by atoms with Crippen LogP contribution in [0.15, 0.2) is 55.0 Å². The number of nitro groups is 1. The lowest BCUT2D eigenvalue weighted by Gasteiger charge is -2.03. The predicted octanol–water partition coefficient (Wildman–Crippen LogP) is 2.47. The minimum Gasteiger partial charge on any atom is -0.300 e. The van der Waals surface area contributed by atoms with Crippen molar-refractivity contribution < 1.29 is 9.72 Å². The van der Waals surface area contributed by atoms with Crippen molar-refractivity contribution in [2.45, 2.75) is 0 Å². The van der Waals surface area contributed by atoms with Crippen LogP contribution in [0.1, 0.15) is 15.9 Å². The number of benzene rings is 1. The molecule has 0 unspecified atom stereocenters. The second-order valence-electron chi connectivity index (χ2n) is 4.22. The number of rotatable bonds is 3. The second-order valence-corrected chi connectivity index (χ2v) is 4.22. The van der Waals surface area contributed by atoms with Gasteiger partial charge in [-0.1, -0.05) is 30.3 Å². The Morgan fingerprint density at radius 2 is 2.00 bits per heavy atom. The quantitative estimate of drug-likeness (QED) is 0.415. The summed E-state index contributed by atoms with van der Waals surface area (Å²) in [5, 5.41) is 10.9. The average Bonchev–Trinajstić information content (AvgIpc) is 2.94. The number of nitrogens with zero attached hydrogens (tertiary/aromatic N) is 3. The number of ketones is 1. The Balaban J connectivity index is 2.22. The van der Waals surface area contributed by atoms with Crippen LogP contribution in [-0.2, 0) is 0 Å². The van der Waals surface area contributed by atoms with Gasteiger partial charge in [0.25, 0.3) is 5.69 Å². The molecule has 20 heavy (non-hydrogen) atoms. The Hall–Kier alpha value is -3.02. The van der Waals surface area contributed by atoms with Crippen LogP contribution in [0.5, 0.6) is 0 Å². The number of carbonyl (C=O) groups excluding carboxylic acids is 1. The van der Waals surface area contributed by atoms with Crippen molar-refractivity contribution in [2.75, 3.05) is 0 Å². The lowest BCUT2D eigenvalue weighted by Crippen LogP contribution is -2.05. The van der Waals surface area contributed by atoms with E-state index in [1.54, 1.807) is 36.5 Å². The molecule has 0 atom stereocenters. The van der Waals surface area contributed by atoms with Gasteiger partial charge in [0.1, 0.15) is 5.65 Å². The van der Waals surface area contributed by atoms with Crippen LogP contribution in [0.2, 0.25) is 0 Å². The van der Waals surface area contributed by atoms with E-state index < -0.39 is 4.92 Å². The van der Waals surface area contributed by atoms with Gasteiger partial charge in [0.05, 0.1) is 16.7 Å². The smallest absolute Gasteiger partial charge is 0.286 e. The number of carbonyl (C=O) groups is 1. The molecule has 0 aliphatic carbocycles. The third kappa shape index (κ3) is 1.93. The average molecular weight is 267 g/mol. The molecule has 0 spiro atoms. The number of fused-ring (bicyclic) bond motifs is 1. The summed E-state index contributed by atoms with van der Waals surface area (Å²) in [5.74, 6) is -0.287. The summed E-state index contributed by atoms with van der Waals surface area (Å²) in [4.78, 5) is 27.0. The van der Waals surface area contributed by atoms with E-state index in [1.165, 1.54) is 22.9 Å². The summed E-state index contributed by atoms with van der Waals surface area (Å²) >= 11 is 0. The van der Waals surface area contributed by atoms with E-state index in [9.17, 15) is 14.9 Å². The van der Waals surface area contributed by atoms with E-state index in [0.717, 1.165) is 0 Å². The van der Waals surface area contributed by atoms with Gasteiger partial charge in [0.2, 0.25) is 0 Å². The highest BCUT2D eigenvalue weighted by molar-refractivity contribution is 6.12. The van der Waals surface area contributed by atoms with Crippen molar-refractivity contribution in [3.8, 4) is 0 Å². The number of hydrogen-bond acceptors (Lipinski definition) is 4. The molecule has 0 aliphatic rings. The first-order valence-corrected chi connectivity index (χ1v) is 5.87. The lowest BCUT2D eigenvalue weighted by molar-refractivity contribution is -0.385. The molecule has 98 valence electrons. The topological polar surface area (TPSA) is 77.5 Å². The van der Waals surface area contributed by atoms with Crippen LogP contribution < -0.4 is 0 Å². The van der Waals surface area contributed by atoms with E-state index in [4.69, 9.17) is 0 Å². The summed E-state index contributed by atoms with van der Waals surface area (Å²) in [5.41, 5.74) is 0.951. The highest BCUT2D eigenvalue weighted by atomic mass is 16.6. The Morgan fingerprint density at radius 3 is 2.70 bits per heavy atom. The maximum atomic E-state index is 12.5. The van der Waals surface area contributed by atoms with E-state index in [2.05, 4.69) is 4.98 Å². The molecule has 2 heterocycles. The SMILES string of the molecule is O=C(c1ccccc1)c1cc([N+](=O)[O-])cn2ccnc12. The molecule has 2 aromatic heterocycles. The molecule has 0 aliphatic heterocycles. The molecule has 0 saturated carbocycles. The van der Waals surface area contributed by atoms with Crippen molar-refractivity contribution >= 4 is 17.1 Å². The predicted molar refractivity (Wildman–Crippen MR) is 71.7 cm³/mol. The van der Waals surface area contributed by atoms with Crippen LogP contribution >= 0.6 is 0 Å². The van der Waals surface area contributed by atoms with Crippen LogP contribution in [0.4, 0.5) is 5.69 Å². The van der Waals surface area contributed by atoms with Crippen LogP contribution in [0.25, 0.3) is 5.65 Å². The maximum Gasteiger partial charge on any atom is 0.286 e. The molecule has 0 saturated heterocycles. The minimum absolute atomic E-state index is 0.144. The molecule has 6 nitrogen and oxygen atoms in total. The zero-order chi connectivity index (χ0) is 14.1. The molecule has 0 fully saturated rings.